The van der Waals surface area contributed by atoms with Gasteiger partial charge < -0.3 is 23.7 Å². The van der Waals surface area contributed by atoms with E-state index in [1.54, 1.807) is 24.0 Å². The Hall–Kier alpha value is -3.81. The number of aryl methyl sites for hydroxylation is 1. The SMILES string of the molecule is CCCCCN(CC(=O)N(CCc1ccc(OC)c(OC)c1)Cc1ccc(C)o1)C(=O)c1ccc(F)cc1. The van der Waals surface area contributed by atoms with Gasteiger partial charge in [0, 0.05) is 18.7 Å². The molecule has 1 heterocycles. The lowest BCUT2D eigenvalue weighted by Crippen LogP contribution is -2.43. The van der Waals surface area contributed by atoms with Crippen LogP contribution in [0, 0.1) is 12.7 Å². The van der Waals surface area contributed by atoms with Crippen LogP contribution >= 0.6 is 0 Å². The van der Waals surface area contributed by atoms with E-state index < -0.39 is 5.82 Å². The van der Waals surface area contributed by atoms with Crippen LogP contribution in [0.2, 0.25) is 0 Å². The molecular formula is C30H37FN2O5. The molecule has 0 aliphatic rings. The highest BCUT2D eigenvalue weighted by Crippen LogP contribution is 2.28. The molecule has 2 aromatic carbocycles. The number of carbonyl (C=O) groups is 2. The first-order valence-corrected chi connectivity index (χ1v) is 12.9. The predicted molar refractivity (Wildman–Crippen MR) is 144 cm³/mol. The molecule has 0 bridgehead atoms. The van der Waals surface area contributed by atoms with Crippen LogP contribution in [0.25, 0.3) is 0 Å². The maximum Gasteiger partial charge on any atom is 0.254 e. The largest absolute Gasteiger partial charge is 0.493 e. The van der Waals surface area contributed by atoms with Crippen LogP contribution in [0.5, 0.6) is 11.5 Å². The first-order valence-electron chi connectivity index (χ1n) is 12.9. The van der Waals surface area contributed by atoms with Gasteiger partial charge in [0.05, 0.1) is 20.8 Å². The fourth-order valence-electron chi connectivity index (χ4n) is 4.19. The van der Waals surface area contributed by atoms with Gasteiger partial charge in [-0.1, -0.05) is 25.8 Å². The maximum absolute atomic E-state index is 13.6. The number of hydrogen-bond acceptors (Lipinski definition) is 5. The topological polar surface area (TPSA) is 72.2 Å². The number of unbranched alkanes of at least 4 members (excludes halogenated alkanes) is 2. The second-order valence-corrected chi connectivity index (χ2v) is 9.21. The third-order valence-electron chi connectivity index (χ3n) is 6.35. The minimum atomic E-state index is -0.412. The molecule has 0 radical (unpaired) electrons. The summed E-state index contributed by atoms with van der Waals surface area (Å²) >= 11 is 0. The van der Waals surface area contributed by atoms with E-state index in [4.69, 9.17) is 13.9 Å². The summed E-state index contributed by atoms with van der Waals surface area (Å²) in [5, 5.41) is 0. The van der Waals surface area contributed by atoms with Crippen LogP contribution in [0.4, 0.5) is 4.39 Å². The second-order valence-electron chi connectivity index (χ2n) is 9.21. The number of hydrogen-bond donors (Lipinski definition) is 0. The van der Waals surface area contributed by atoms with E-state index in [-0.39, 0.29) is 24.9 Å². The van der Waals surface area contributed by atoms with E-state index >= 15 is 0 Å². The molecule has 3 aromatic rings. The molecule has 38 heavy (non-hydrogen) atoms. The fourth-order valence-corrected chi connectivity index (χ4v) is 4.19. The molecule has 0 atom stereocenters. The van der Waals surface area contributed by atoms with Crippen molar-refractivity contribution in [2.24, 2.45) is 0 Å². The molecule has 0 aliphatic carbocycles. The Balaban J connectivity index is 1.79. The number of nitrogens with zero attached hydrogens (tertiary/aromatic N) is 2. The molecule has 0 unspecified atom stereocenters. The van der Waals surface area contributed by atoms with Crippen molar-refractivity contribution in [1.29, 1.82) is 0 Å². The Labute approximate surface area is 224 Å². The highest BCUT2D eigenvalue weighted by Gasteiger charge is 2.23. The monoisotopic (exact) mass is 524 g/mol. The molecule has 8 heteroatoms. The van der Waals surface area contributed by atoms with Gasteiger partial charge in [-0.3, -0.25) is 9.59 Å². The van der Waals surface area contributed by atoms with Crippen molar-refractivity contribution >= 4 is 11.8 Å². The van der Waals surface area contributed by atoms with Crippen molar-refractivity contribution in [3.05, 3.63) is 83.1 Å². The molecule has 204 valence electrons. The first kappa shape index (κ1) is 28.8. The van der Waals surface area contributed by atoms with Crippen LogP contribution in [-0.4, -0.2) is 55.5 Å². The minimum Gasteiger partial charge on any atom is -0.493 e. The van der Waals surface area contributed by atoms with Crippen LogP contribution < -0.4 is 9.47 Å². The van der Waals surface area contributed by atoms with Crippen molar-refractivity contribution in [2.75, 3.05) is 33.9 Å². The van der Waals surface area contributed by atoms with Gasteiger partial charge in [-0.2, -0.15) is 0 Å². The van der Waals surface area contributed by atoms with E-state index in [2.05, 4.69) is 6.92 Å². The summed E-state index contributed by atoms with van der Waals surface area (Å²) in [6.45, 7) is 5.01. The van der Waals surface area contributed by atoms with Gasteiger partial charge in [-0.05, 0) is 73.9 Å². The molecule has 0 saturated carbocycles. The van der Waals surface area contributed by atoms with Gasteiger partial charge in [0.25, 0.3) is 5.91 Å². The molecule has 3 rings (SSSR count). The van der Waals surface area contributed by atoms with Gasteiger partial charge in [0.15, 0.2) is 11.5 Å². The molecular weight excluding hydrogens is 487 g/mol. The number of rotatable bonds is 14. The number of furan rings is 1. The van der Waals surface area contributed by atoms with Gasteiger partial charge in [0.2, 0.25) is 5.91 Å². The summed E-state index contributed by atoms with van der Waals surface area (Å²) in [4.78, 5) is 30.2. The molecule has 1 aromatic heterocycles. The van der Waals surface area contributed by atoms with Crippen molar-refractivity contribution in [2.45, 2.75) is 46.1 Å². The summed E-state index contributed by atoms with van der Waals surface area (Å²) in [5.41, 5.74) is 1.34. The molecule has 7 nitrogen and oxygen atoms in total. The third-order valence-corrected chi connectivity index (χ3v) is 6.35. The normalized spacial score (nSPS) is 10.8. The average molecular weight is 525 g/mol. The van der Waals surface area contributed by atoms with Crippen molar-refractivity contribution in [3.63, 3.8) is 0 Å². The Morgan fingerprint density at radius 2 is 1.63 bits per heavy atom. The van der Waals surface area contributed by atoms with Gasteiger partial charge in [0.1, 0.15) is 23.9 Å². The lowest BCUT2D eigenvalue weighted by Gasteiger charge is -2.27. The van der Waals surface area contributed by atoms with Crippen molar-refractivity contribution < 1.29 is 27.9 Å². The highest BCUT2D eigenvalue weighted by atomic mass is 19.1. The first-order chi connectivity index (χ1) is 18.3. The van der Waals surface area contributed by atoms with E-state index in [1.165, 1.54) is 24.3 Å². The van der Waals surface area contributed by atoms with E-state index in [1.807, 2.05) is 37.3 Å². The third kappa shape index (κ3) is 8.10. The maximum atomic E-state index is 13.6. The Morgan fingerprint density at radius 1 is 0.895 bits per heavy atom. The molecule has 2 amide bonds. The summed E-state index contributed by atoms with van der Waals surface area (Å²) in [6.07, 6.45) is 3.28. The van der Waals surface area contributed by atoms with Crippen LogP contribution in [0.1, 0.15) is 53.6 Å². The number of methoxy groups -OCH3 is 2. The van der Waals surface area contributed by atoms with Crippen LogP contribution in [0.3, 0.4) is 0 Å². The fraction of sp³-hybridized carbons (Fsp3) is 0.400. The molecule has 0 spiro atoms. The second kappa shape index (κ2) is 14.2. The number of halogens is 1. The van der Waals surface area contributed by atoms with Gasteiger partial charge >= 0.3 is 0 Å². The average Bonchev–Trinajstić information content (AvgIpc) is 3.34. The zero-order valence-electron chi connectivity index (χ0n) is 22.7. The van der Waals surface area contributed by atoms with E-state index in [9.17, 15) is 14.0 Å². The standard InChI is InChI=1S/C30H37FN2O5/c1-5-6-7-17-33(30(35)24-10-12-25(31)13-11-24)21-29(34)32(20-26-14-8-22(2)38-26)18-16-23-9-15-27(36-3)28(19-23)37-4/h8-15,19H,5-7,16-18,20-21H2,1-4H3. The Kier molecular flexibility index (Phi) is 10.8. The summed E-state index contributed by atoms with van der Waals surface area (Å²) in [5.74, 6) is 1.80. The summed E-state index contributed by atoms with van der Waals surface area (Å²) in [7, 11) is 3.17. The van der Waals surface area contributed by atoms with E-state index in [0.717, 1.165) is 30.6 Å². The number of ether oxygens (including phenoxy) is 2. The quantitative estimate of drug-likeness (QED) is 0.255. The van der Waals surface area contributed by atoms with Crippen LogP contribution in [-0.2, 0) is 17.8 Å². The zero-order chi connectivity index (χ0) is 27.5. The predicted octanol–water partition coefficient (Wildman–Crippen LogP) is 5.65. The minimum absolute atomic E-state index is 0.0778. The number of carbonyl (C=O) groups excluding carboxylic acids is 2. The van der Waals surface area contributed by atoms with E-state index in [0.29, 0.717) is 42.3 Å². The smallest absolute Gasteiger partial charge is 0.254 e. The summed E-state index contributed by atoms with van der Waals surface area (Å²) < 4.78 is 29.9. The highest BCUT2D eigenvalue weighted by molar-refractivity contribution is 5.96. The Bertz CT molecular complexity index is 1190. The summed E-state index contributed by atoms with van der Waals surface area (Å²) in [6, 6.07) is 14.8. The van der Waals surface area contributed by atoms with Crippen molar-refractivity contribution in [3.8, 4) is 11.5 Å². The molecule has 0 fully saturated rings. The lowest BCUT2D eigenvalue weighted by atomic mass is 10.1. The number of benzene rings is 2. The zero-order valence-corrected chi connectivity index (χ0v) is 22.7. The van der Waals surface area contributed by atoms with Gasteiger partial charge in [-0.25, -0.2) is 4.39 Å². The van der Waals surface area contributed by atoms with Crippen LogP contribution in [0.15, 0.2) is 59.0 Å². The Morgan fingerprint density at radius 3 is 2.26 bits per heavy atom. The van der Waals surface area contributed by atoms with Gasteiger partial charge in [-0.15, -0.1) is 0 Å². The lowest BCUT2D eigenvalue weighted by molar-refractivity contribution is -0.132. The van der Waals surface area contributed by atoms with Crippen molar-refractivity contribution in [1.82, 2.24) is 9.80 Å². The molecule has 0 aliphatic heterocycles. The molecule has 0 N–H and O–H groups in total. The number of amides is 2. The molecule has 0 saturated heterocycles.